The second-order valence-corrected chi connectivity index (χ2v) is 6.16. The summed E-state index contributed by atoms with van der Waals surface area (Å²) in [5.41, 5.74) is 8.99. The third kappa shape index (κ3) is 3.78. The Morgan fingerprint density at radius 2 is 1.86 bits per heavy atom. The molecule has 142 valence electrons. The van der Waals surface area contributed by atoms with Gasteiger partial charge in [0.15, 0.2) is 5.82 Å². The molecule has 0 aliphatic heterocycles. The zero-order valence-electron chi connectivity index (χ0n) is 15.5. The molecule has 0 spiro atoms. The molecule has 2 N–H and O–H groups in total. The Labute approximate surface area is 166 Å². The van der Waals surface area contributed by atoms with Crippen LogP contribution in [0.15, 0.2) is 55.4 Å². The summed E-state index contributed by atoms with van der Waals surface area (Å²) in [5, 5.41) is 13.7. The zero-order chi connectivity index (χ0) is 20.2. The number of aryl methyl sites for hydroxylation is 1. The highest BCUT2D eigenvalue weighted by atomic mass is 16.5. The Balaban J connectivity index is 1.73. The maximum absolute atomic E-state index is 9.28. The number of ether oxygens (including phenoxy) is 1. The highest BCUT2D eigenvalue weighted by Gasteiger charge is 2.15. The first kappa shape index (κ1) is 18.2. The Morgan fingerprint density at radius 3 is 2.55 bits per heavy atom. The quantitative estimate of drug-likeness (QED) is 0.555. The Bertz CT molecular complexity index is 1180. The number of benzene rings is 1. The lowest BCUT2D eigenvalue weighted by molar-refractivity contribution is 0.432. The van der Waals surface area contributed by atoms with Gasteiger partial charge in [0.1, 0.15) is 12.1 Å². The molecule has 9 nitrogen and oxygen atoms in total. The molecule has 0 aliphatic rings. The fraction of sp³-hybridized carbons (Fsp3) is 0.100. The fourth-order valence-electron chi connectivity index (χ4n) is 2.69. The number of hydrogen-bond donors (Lipinski definition) is 1. The summed E-state index contributed by atoms with van der Waals surface area (Å²) < 4.78 is 7.70. The van der Waals surface area contributed by atoms with Crippen molar-refractivity contribution in [3.8, 4) is 40.3 Å². The first-order valence-corrected chi connectivity index (χ1v) is 8.70. The molecule has 0 aliphatic carbocycles. The van der Waals surface area contributed by atoms with Crippen molar-refractivity contribution in [2.24, 2.45) is 12.8 Å². The SMILES string of the molecule is Cn1nc(-c2cncnc2)cc1Oc1cc(C#N)ccc1-c1ncc(CN)cn1. The van der Waals surface area contributed by atoms with Gasteiger partial charge in [0.25, 0.3) is 0 Å². The van der Waals surface area contributed by atoms with Crippen LogP contribution in [0.3, 0.4) is 0 Å². The molecule has 29 heavy (non-hydrogen) atoms. The van der Waals surface area contributed by atoms with Crippen LogP contribution in [0.25, 0.3) is 22.6 Å². The summed E-state index contributed by atoms with van der Waals surface area (Å²) in [5.74, 6) is 1.41. The van der Waals surface area contributed by atoms with Crippen molar-refractivity contribution < 1.29 is 4.74 Å². The van der Waals surface area contributed by atoms with Gasteiger partial charge >= 0.3 is 0 Å². The van der Waals surface area contributed by atoms with Crippen LogP contribution in [0, 0.1) is 11.3 Å². The van der Waals surface area contributed by atoms with E-state index in [4.69, 9.17) is 10.5 Å². The van der Waals surface area contributed by atoms with Crippen molar-refractivity contribution in [2.45, 2.75) is 6.54 Å². The largest absolute Gasteiger partial charge is 0.438 e. The fourth-order valence-corrected chi connectivity index (χ4v) is 2.69. The van der Waals surface area contributed by atoms with Gasteiger partial charge < -0.3 is 10.5 Å². The molecule has 0 atom stereocenters. The van der Waals surface area contributed by atoms with Gasteiger partial charge in [-0.1, -0.05) is 0 Å². The van der Waals surface area contributed by atoms with Crippen molar-refractivity contribution in [1.82, 2.24) is 29.7 Å². The van der Waals surface area contributed by atoms with Crippen molar-refractivity contribution in [2.75, 3.05) is 0 Å². The van der Waals surface area contributed by atoms with Gasteiger partial charge in [-0.15, -0.1) is 0 Å². The van der Waals surface area contributed by atoms with E-state index in [1.165, 1.54) is 6.33 Å². The molecule has 9 heteroatoms. The highest BCUT2D eigenvalue weighted by Crippen LogP contribution is 2.33. The molecule has 0 amide bonds. The summed E-state index contributed by atoms with van der Waals surface area (Å²) in [6.07, 6.45) is 8.14. The summed E-state index contributed by atoms with van der Waals surface area (Å²) >= 11 is 0. The molecule has 0 fully saturated rings. The van der Waals surface area contributed by atoms with E-state index in [-0.39, 0.29) is 0 Å². The van der Waals surface area contributed by atoms with Gasteiger partial charge in [0.05, 0.1) is 22.9 Å². The van der Waals surface area contributed by atoms with Crippen LogP contribution in [-0.2, 0) is 13.6 Å². The number of nitrogens with zero attached hydrogens (tertiary/aromatic N) is 7. The van der Waals surface area contributed by atoms with Crippen LogP contribution in [-0.4, -0.2) is 29.7 Å². The lowest BCUT2D eigenvalue weighted by Crippen LogP contribution is -2.01. The van der Waals surface area contributed by atoms with Crippen LogP contribution in [0.1, 0.15) is 11.1 Å². The maximum Gasteiger partial charge on any atom is 0.218 e. The van der Waals surface area contributed by atoms with Gasteiger partial charge in [0.2, 0.25) is 5.88 Å². The monoisotopic (exact) mass is 384 g/mol. The Kier molecular flexibility index (Phi) is 4.92. The van der Waals surface area contributed by atoms with Crippen LogP contribution < -0.4 is 10.5 Å². The standard InChI is InChI=1S/C20H16N8O/c1-28-19(5-17(27-28)15-10-23-12-24-11-15)29-18-4-13(6-21)2-3-16(18)20-25-8-14(7-22)9-26-20/h2-5,8-12H,7,22H2,1H3. The van der Waals surface area contributed by atoms with Crippen molar-refractivity contribution >= 4 is 0 Å². The first-order chi connectivity index (χ1) is 14.2. The van der Waals surface area contributed by atoms with Gasteiger partial charge in [0, 0.05) is 55.6 Å². The predicted octanol–water partition coefficient (Wildman–Crippen LogP) is 2.46. The number of nitrogens with two attached hydrogens (primary N) is 1. The van der Waals surface area contributed by atoms with E-state index in [1.807, 2.05) is 0 Å². The van der Waals surface area contributed by atoms with E-state index < -0.39 is 0 Å². The predicted molar refractivity (Wildman–Crippen MR) is 104 cm³/mol. The van der Waals surface area contributed by atoms with Crippen LogP contribution in [0.2, 0.25) is 0 Å². The Hall–Kier alpha value is -4.16. The minimum absolute atomic E-state index is 0.359. The minimum Gasteiger partial charge on any atom is -0.438 e. The normalized spacial score (nSPS) is 10.5. The second-order valence-electron chi connectivity index (χ2n) is 6.16. The average Bonchev–Trinajstić information content (AvgIpc) is 3.14. The van der Waals surface area contributed by atoms with Gasteiger partial charge in [-0.2, -0.15) is 10.4 Å². The van der Waals surface area contributed by atoms with E-state index >= 15 is 0 Å². The second kappa shape index (κ2) is 7.84. The van der Waals surface area contributed by atoms with Crippen molar-refractivity contribution in [3.63, 3.8) is 0 Å². The Morgan fingerprint density at radius 1 is 1.10 bits per heavy atom. The molecular weight excluding hydrogens is 368 g/mol. The van der Waals surface area contributed by atoms with E-state index in [0.29, 0.717) is 40.8 Å². The summed E-state index contributed by atoms with van der Waals surface area (Å²) in [4.78, 5) is 16.7. The van der Waals surface area contributed by atoms with Gasteiger partial charge in [-0.05, 0) is 18.2 Å². The van der Waals surface area contributed by atoms with Crippen LogP contribution >= 0.6 is 0 Å². The first-order valence-electron chi connectivity index (χ1n) is 8.70. The molecule has 0 radical (unpaired) electrons. The molecule has 1 aromatic carbocycles. The van der Waals surface area contributed by atoms with Crippen LogP contribution in [0.4, 0.5) is 0 Å². The molecule has 0 saturated carbocycles. The van der Waals surface area contributed by atoms with Crippen LogP contribution in [0.5, 0.6) is 11.6 Å². The highest BCUT2D eigenvalue weighted by molar-refractivity contribution is 5.67. The van der Waals surface area contributed by atoms with E-state index in [2.05, 4.69) is 31.1 Å². The summed E-state index contributed by atoms with van der Waals surface area (Å²) in [6, 6.07) is 8.99. The lowest BCUT2D eigenvalue weighted by atomic mass is 10.1. The maximum atomic E-state index is 9.28. The van der Waals surface area contributed by atoms with Crippen molar-refractivity contribution in [1.29, 1.82) is 5.26 Å². The van der Waals surface area contributed by atoms with E-state index in [1.54, 1.807) is 60.8 Å². The molecule has 3 heterocycles. The molecule has 3 aromatic heterocycles. The molecule has 4 rings (SSSR count). The molecule has 4 aromatic rings. The minimum atomic E-state index is 0.359. The lowest BCUT2D eigenvalue weighted by Gasteiger charge is -2.11. The number of aromatic nitrogens is 6. The smallest absolute Gasteiger partial charge is 0.218 e. The van der Waals surface area contributed by atoms with E-state index in [9.17, 15) is 5.26 Å². The number of rotatable bonds is 5. The molecule has 0 unspecified atom stereocenters. The summed E-state index contributed by atoms with van der Waals surface area (Å²) in [6.45, 7) is 0.359. The number of nitriles is 1. The van der Waals surface area contributed by atoms with E-state index in [0.717, 1.165) is 11.1 Å². The van der Waals surface area contributed by atoms with Crippen molar-refractivity contribution in [3.05, 3.63) is 66.5 Å². The van der Waals surface area contributed by atoms with Gasteiger partial charge in [-0.25, -0.2) is 24.6 Å². The zero-order valence-corrected chi connectivity index (χ0v) is 15.5. The molecule has 0 bridgehead atoms. The third-order valence-electron chi connectivity index (χ3n) is 4.20. The number of hydrogen-bond acceptors (Lipinski definition) is 8. The third-order valence-corrected chi connectivity index (χ3v) is 4.20. The summed E-state index contributed by atoms with van der Waals surface area (Å²) in [7, 11) is 1.77. The average molecular weight is 384 g/mol. The molecular formula is C20H16N8O. The topological polar surface area (TPSA) is 128 Å². The molecule has 0 saturated heterocycles. The van der Waals surface area contributed by atoms with Gasteiger partial charge in [-0.3, -0.25) is 0 Å².